The lowest BCUT2D eigenvalue weighted by atomic mass is 10.1. The average molecular weight is 391 g/mol. The van der Waals surface area contributed by atoms with E-state index in [1.807, 2.05) is 68.3 Å². The molecule has 146 valence electrons. The summed E-state index contributed by atoms with van der Waals surface area (Å²) in [5.41, 5.74) is 1.95. The first-order valence-electron chi connectivity index (χ1n) is 8.97. The van der Waals surface area contributed by atoms with Crippen LogP contribution in [0.25, 0.3) is 0 Å². The van der Waals surface area contributed by atoms with Crippen LogP contribution in [-0.4, -0.2) is 37.6 Å². The van der Waals surface area contributed by atoms with Gasteiger partial charge in [-0.05, 0) is 50.2 Å². The number of likely N-dealkylation sites (N-methyl/N-ethyl adjacent to an activating group) is 1. The van der Waals surface area contributed by atoms with Gasteiger partial charge in [0.15, 0.2) is 11.5 Å². The molecule has 0 saturated carbocycles. The molecular weight excluding hydrogens is 364 g/mol. The summed E-state index contributed by atoms with van der Waals surface area (Å²) in [4.78, 5) is 14.5. The molecule has 2 aromatic rings. The fourth-order valence-corrected chi connectivity index (χ4v) is 2.88. The molecule has 1 amide bonds. The molecule has 6 heteroatoms. The zero-order valence-corrected chi connectivity index (χ0v) is 17.0. The van der Waals surface area contributed by atoms with Gasteiger partial charge in [0, 0.05) is 18.1 Å². The molecular formula is C21H27ClN2O3. The van der Waals surface area contributed by atoms with Crippen molar-refractivity contribution in [3.63, 3.8) is 0 Å². The van der Waals surface area contributed by atoms with Gasteiger partial charge in [-0.1, -0.05) is 35.9 Å². The Labute approximate surface area is 166 Å². The van der Waals surface area contributed by atoms with Crippen molar-refractivity contribution in [1.82, 2.24) is 10.2 Å². The third kappa shape index (κ3) is 5.88. The molecule has 1 atom stereocenters. The lowest BCUT2D eigenvalue weighted by Gasteiger charge is -2.24. The summed E-state index contributed by atoms with van der Waals surface area (Å²) in [7, 11) is 3.54. The highest BCUT2D eigenvalue weighted by Gasteiger charge is 2.18. The van der Waals surface area contributed by atoms with Crippen molar-refractivity contribution in [2.24, 2.45) is 0 Å². The van der Waals surface area contributed by atoms with Crippen LogP contribution in [0.15, 0.2) is 42.5 Å². The normalized spacial score (nSPS) is 11.9. The summed E-state index contributed by atoms with van der Waals surface area (Å²) < 4.78 is 10.9. The van der Waals surface area contributed by atoms with Crippen molar-refractivity contribution < 1.29 is 14.3 Å². The third-order valence-electron chi connectivity index (χ3n) is 4.41. The van der Waals surface area contributed by atoms with Crippen LogP contribution in [-0.2, 0) is 17.9 Å². The predicted octanol–water partition coefficient (Wildman–Crippen LogP) is 3.88. The number of halogens is 1. The van der Waals surface area contributed by atoms with Crippen LogP contribution in [0.2, 0.25) is 5.02 Å². The molecule has 0 spiro atoms. The van der Waals surface area contributed by atoms with Gasteiger partial charge in [0.2, 0.25) is 5.91 Å². The van der Waals surface area contributed by atoms with Gasteiger partial charge in [0.25, 0.3) is 0 Å². The fourth-order valence-electron chi connectivity index (χ4n) is 2.68. The van der Waals surface area contributed by atoms with E-state index in [4.69, 9.17) is 21.1 Å². The maximum absolute atomic E-state index is 12.5. The lowest BCUT2D eigenvalue weighted by Crippen LogP contribution is -2.42. The Hall–Kier alpha value is -2.24. The number of amides is 1. The van der Waals surface area contributed by atoms with E-state index in [2.05, 4.69) is 5.32 Å². The molecule has 0 aromatic heterocycles. The van der Waals surface area contributed by atoms with Gasteiger partial charge in [0.05, 0.1) is 19.8 Å². The number of carbonyl (C=O) groups excluding carboxylic acids is 1. The molecule has 1 unspecified atom stereocenters. The van der Waals surface area contributed by atoms with Crippen molar-refractivity contribution in [2.45, 2.75) is 33.0 Å². The van der Waals surface area contributed by atoms with Crippen LogP contribution in [0.4, 0.5) is 0 Å². The van der Waals surface area contributed by atoms with Crippen LogP contribution in [0.5, 0.6) is 11.5 Å². The van der Waals surface area contributed by atoms with E-state index in [-0.39, 0.29) is 11.9 Å². The number of nitrogens with one attached hydrogen (secondary N) is 1. The summed E-state index contributed by atoms with van der Waals surface area (Å²) in [6.07, 6.45) is 0. The highest BCUT2D eigenvalue weighted by atomic mass is 35.5. The number of ether oxygens (including phenoxy) is 2. The molecule has 0 heterocycles. The number of carbonyl (C=O) groups is 1. The summed E-state index contributed by atoms with van der Waals surface area (Å²) in [5, 5.41) is 3.60. The number of methoxy groups -OCH3 is 1. The minimum absolute atomic E-state index is 0.0460. The Balaban J connectivity index is 1.95. The van der Waals surface area contributed by atoms with E-state index in [1.54, 1.807) is 7.11 Å². The van der Waals surface area contributed by atoms with Crippen LogP contribution in [0.3, 0.4) is 0 Å². The molecule has 2 aromatic carbocycles. The fraction of sp³-hybridized carbons (Fsp3) is 0.381. The number of benzene rings is 2. The molecule has 5 nitrogen and oxygen atoms in total. The van der Waals surface area contributed by atoms with Crippen molar-refractivity contribution in [2.75, 3.05) is 20.8 Å². The SMILES string of the molecule is CCOc1ccc(CN(C)C(C)C(=O)NCc2ccccc2Cl)cc1OC. The molecule has 2 rings (SSSR count). The van der Waals surface area contributed by atoms with E-state index in [9.17, 15) is 4.79 Å². The monoisotopic (exact) mass is 390 g/mol. The number of rotatable bonds is 9. The molecule has 0 aliphatic rings. The summed E-state index contributed by atoms with van der Waals surface area (Å²) in [6, 6.07) is 13.0. The summed E-state index contributed by atoms with van der Waals surface area (Å²) in [6.45, 7) is 5.42. The van der Waals surface area contributed by atoms with Gasteiger partial charge in [-0.3, -0.25) is 9.69 Å². The lowest BCUT2D eigenvalue weighted by molar-refractivity contribution is -0.125. The van der Waals surface area contributed by atoms with Crippen molar-refractivity contribution >= 4 is 17.5 Å². The largest absolute Gasteiger partial charge is 0.493 e. The molecule has 0 fully saturated rings. The van der Waals surface area contributed by atoms with E-state index in [1.165, 1.54) is 0 Å². The van der Waals surface area contributed by atoms with Crippen LogP contribution < -0.4 is 14.8 Å². The molecule has 0 bridgehead atoms. The Morgan fingerprint density at radius 3 is 2.63 bits per heavy atom. The summed E-state index contributed by atoms with van der Waals surface area (Å²) >= 11 is 6.14. The Bertz CT molecular complexity index is 767. The van der Waals surface area contributed by atoms with Gasteiger partial charge in [0.1, 0.15) is 0 Å². The highest BCUT2D eigenvalue weighted by Crippen LogP contribution is 2.28. The standard InChI is InChI=1S/C21H27ClN2O3/c1-5-27-19-11-10-16(12-20(19)26-4)14-24(3)15(2)21(25)23-13-17-8-6-7-9-18(17)22/h6-12,15H,5,13-14H2,1-4H3,(H,23,25). The Morgan fingerprint density at radius 1 is 1.22 bits per heavy atom. The van der Waals surface area contributed by atoms with Crippen molar-refractivity contribution in [1.29, 1.82) is 0 Å². The zero-order chi connectivity index (χ0) is 19.8. The average Bonchev–Trinajstić information content (AvgIpc) is 2.67. The quantitative estimate of drug-likeness (QED) is 0.705. The third-order valence-corrected chi connectivity index (χ3v) is 4.78. The summed E-state index contributed by atoms with van der Waals surface area (Å²) in [5.74, 6) is 1.37. The number of hydrogen-bond donors (Lipinski definition) is 1. The van der Waals surface area contributed by atoms with Gasteiger partial charge < -0.3 is 14.8 Å². The van der Waals surface area contributed by atoms with Gasteiger partial charge in [-0.2, -0.15) is 0 Å². The van der Waals surface area contributed by atoms with Crippen molar-refractivity contribution in [3.8, 4) is 11.5 Å². The molecule has 0 aliphatic heterocycles. The molecule has 1 N–H and O–H groups in total. The van der Waals surface area contributed by atoms with E-state index >= 15 is 0 Å². The van der Waals surface area contributed by atoms with Crippen LogP contribution >= 0.6 is 11.6 Å². The maximum Gasteiger partial charge on any atom is 0.237 e. The first kappa shape index (κ1) is 21.1. The van der Waals surface area contributed by atoms with Crippen molar-refractivity contribution in [3.05, 3.63) is 58.6 Å². The number of nitrogens with zero attached hydrogens (tertiary/aromatic N) is 1. The molecule has 0 radical (unpaired) electrons. The van der Waals surface area contributed by atoms with E-state index in [0.29, 0.717) is 30.5 Å². The smallest absolute Gasteiger partial charge is 0.237 e. The zero-order valence-electron chi connectivity index (χ0n) is 16.3. The van der Waals surface area contributed by atoms with Gasteiger partial charge in [-0.15, -0.1) is 0 Å². The van der Waals surface area contributed by atoms with Crippen LogP contribution in [0.1, 0.15) is 25.0 Å². The topological polar surface area (TPSA) is 50.8 Å². The minimum atomic E-state index is -0.287. The van der Waals surface area contributed by atoms with E-state index in [0.717, 1.165) is 16.9 Å². The first-order chi connectivity index (χ1) is 13.0. The maximum atomic E-state index is 12.5. The van der Waals surface area contributed by atoms with Crippen LogP contribution in [0, 0.1) is 0 Å². The van der Waals surface area contributed by atoms with Gasteiger partial charge >= 0.3 is 0 Å². The molecule has 0 aliphatic carbocycles. The second-order valence-electron chi connectivity index (χ2n) is 6.32. The second-order valence-corrected chi connectivity index (χ2v) is 6.73. The van der Waals surface area contributed by atoms with E-state index < -0.39 is 0 Å². The first-order valence-corrected chi connectivity index (χ1v) is 9.35. The number of hydrogen-bond acceptors (Lipinski definition) is 4. The predicted molar refractivity (Wildman–Crippen MR) is 108 cm³/mol. The molecule has 0 saturated heterocycles. The second kappa shape index (κ2) is 10.2. The highest BCUT2D eigenvalue weighted by molar-refractivity contribution is 6.31. The van der Waals surface area contributed by atoms with Gasteiger partial charge in [-0.25, -0.2) is 0 Å². The Kier molecular flexibility index (Phi) is 7.95. The Morgan fingerprint density at radius 2 is 1.96 bits per heavy atom. The molecule has 27 heavy (non-hydrogen) atoms. The minimum Gasteiger partial charge on any atom is -0.493 e.